The molecular formula is C22H28O3S. The van der Waals surface area contributed by atoms with Crippen LogP contribution in [0.15, 0.2) is 54.6 Å². The van der Waals surface area contributed by atoms with E-state index in [0.29, 0.717) is 23.5 Å². The molecule has 140 valence electrons. The van der Waals surface area contributed by atoms with Crippen molar-refractivity contribution in [2.24, 2.45) is 11.8 Å². The van der Waals surface area contributed by atoms with E-state index in [4.69, 9.17) is 5.11 Å². The van der Waals surface area contributed by atoms with Gasteiger partial charge in [0.15, 0.2) is 0 Å². The van der Waals surface area contributed by atoms with Gasteiger partial charge in [0.2, 0.25) is 0 Å². The van der Waals surface area contributed by atoms with Crippen molar-refractivity contribution < 1.29 is 15.0 Å². The topological polar surface area (TPSA) is 57.5 Å². The minimum absolute atomic E-state index is 0.247. The Morgan fingerprint density at radius 2 is 1.96 bits per heavy atom. The monoisotopic (exact) mass is 372 g/mol. The van der Waals surface area contributed by atoms with E-state index in [-0.39, 0.29) is 6.42 Å². The number of fused-ring (bicyclic) bond motifs is 2. The number of rotatable bonds is 9. The number of hydrogen-bond donors (Lipinski definition) is 2. The molecule has 2 bridgehead atoms. The van der Waals surface area contributed by atoms with E-state index in [1.807, 2.05) is 36.4 Å². The van der Waals surface area contributed by atoms with Crippen molar-refractivity contribution in [1.29, 1.82) is 0 Å². The van der Waals surface area contributed by atoms with Gasteiger partial charge in [-0.1, -0.05) is 54.6 Å². The van der Waals surface area contributed by atoms with Crippen molar-refractivity contribution in [2.45, 2.75) is 55.1 Å². The molecule has 2 aliphatic rings. The zero-order valence-corrected chi connectivity index (χ0v) is 15.9. The fourth-order valence-corrected chi connectivity index (χ4v) is 6.09. The molecule has 1 aromatic rings. The number of aliphatic hydroxyl groups excluding tert-OH is 1. The summed E-state index contributed by atoms with van der Waals surface area (Å²) in [6.45, 7) is 0. The summed E-state index contributed by atoms with van der Waals surface area (Å²) in [5.41, 5.74) is 0.939. The van der Waals surface area contributed by atoms with Crippen molar-refractivity contribution >= 4 is 17.7 Å². The van der Waals surface area contributed by atoms with Crippen LogP contribution in [0.2, 0.25) is 0 Å². The molecule has 2 aliphatic heterocycles. The number of aliphatic hydroxyl groups is 1. The van der Waals surface area contributed by atoms with Gasteiger partial charge in [-0.25, -0.2) is 0 Å². The smallest absolute Gasteiger partial charge is 0.303 e. The summed E-state index contributed by atoms with van der Waals surface area (Å²) in [5.74, 6) is 0.444. The second kappa shape index (κ2) is 9.43. The molecule has 4 heteroatoms. The van der Waals surface area contributed by atoms with E-state index in [9.17, 15) is 9.90 Å². The van der Waals surface area contributed by atoms with Gasteiger partial charge < -0.3 is 10.2 Å². The first kappa shape index (κ1) is 19.2. The van der Waals surface area contributed by atoms with Gasteiger partial charge in [-0.05, 0) is 49.5 Å². The summed E-state index contributed by atoms with van der Waals surface area (Å²) in [5, 5.41) is 20.5. The molecule has 26 heavy (non-hydrogen) atoms. The lowest BCUT2D eigenvalue weighted by molar-refractivity contribution is -0.137. The maximum absolute atomic E-state index is 10.5. The van der Waals surface area contributed by atoms with Gasteiger partial charge in [0.1, 0.15) is 0 Å². The second-order valence-corrected chi connectivity index (χ2v) is 8.75. The molecule has 0 amide bonds. The van der Waals surface area contributed by atoms with Crippen LogP contribution in [-0.4, -0.2) is 26.7 Å². The van der Waals surface area contributed by atoms with E-state index in [2.05, 4.69) is 30.0 Å². The zero-order chi connectivity index (χ0) is 18.4. The zero-order valence-electron chi connectivity index (χ0n) is 15.0. The van der Waals surface area contributed by atoms with Crippen molar-refractivity contribution in [1.82, 2.24) is 0 Å². The molecule has 0 saturated carbocycles. The Labute approximate surface area is 160 Å². The molecular weight excluding hydrogens is 344 g/mol. The fourth-order valence-electron chi connectivity index (χ4n) is 4.12. The third-order valence-electron chi connectivity index (χ3n) is 5.48. The number of hydrogen-bond acceptors (Lipinski definition) is 3. The Morgan fingerprint density at radius 1 is 1.19 bits per heavy atom. The van der Waals surface area contributed by atoms with Gasteiger partial charge in [-0.15, -0.1) is 0 Å². The standard InChI is InChI=1S/C22H28O3S/c23-19(16-8-4-3-5-9-16)13-12-18-17(20-14-15-21(18)26-20)10-6-1-2-7-11-22(24)25/h1,3-6,8-9,12-13,17-21,23H,2,7,10-11,14-15H2,(H,24,25)/b6-1-,13-12+/t17-,18+,19?,20-,21+/m0/s1. The third kappa shape index (κ3) is 5.01. The van der Waals surface area contributed by atoms with Crippen LogP contribution >= 0.6 is 11.8 Å². The number of thioether (sulfide) groups is 1. The minimum Gasteiger partial charge on any atom is -0.481 e. The van der Waals surface area contributed by atoms with Crippen molar-refractivity contribution in [3.8, 4) is 0 Å². The molecule has 2 fully saturated rings. The summed E-state index contributed by atoms with van der Waals surface area (Å²) in [6.07, 6.45) is 13.5. The molecule has 3 nitrogen and oxygen atoms in total. The van der Waals surface area contributed by atoms with Gasteiger partial charge in [0.25, 0.3) is 0 Å². The number of benzene rings is 1. The molecule has 1 aromatic carbocycles. The van der Waals surface area contributed by atoms with E-state index in [0.717, 1.165) is 23.7 Å². The number of allylic oxidation sites excluding steroid dienone is 3. The average Bonchev–Trinajstić information content (AvgIpc) is 3.24. The number of unbranched alkanes of at least 4 members (excludes halogenated alkanes) is 1. The quantitative estimate of drug-likeness (QED) is 0.474. The minimum atomic E-state index is -0.718. The Balaban J connectivity index is 1.54. The van der Waals surface area contributed by atoms with Crippen LogP contribution in [-0.2, 0) is 4.79 Å². The van der Waals surface area contributed by atoms with E-state index >= 15 is 0 Å². The molecule has 3 rings (SSSR count). The third-order valence-corrected chi connectivity index (χ3v) is 7.31. The van der Waals surface area contributed by atoms with Crippen LogP contribution in [0.4, 0.5) is 0 Å². The highest BCUT2D eigenvalue weighted by Gasteiger charge is 2.46. The second-order valence-electron chi connectivity index (χ2n) is 7.27. The Kier molecular flexibility index (Phi) is 6.98. The molecule has 2 saturated heterocycles. The van der Waals surface area contributed by atoms with Crippen molar-refractivity contribution in [3.05, 3.63) is 60.2 Å². The summed E-state index contributed by atoms with van der Waals surface area (Å²) >= 11 is 2.12. The van der Waals surface area contributed by atoms with Crippen LogP contribution in [0.25, 0.3) is 0 Å². The molecule has 2 N–H and O–H groups in total. The highest BCUT2D eigenvalue weighted by atomic mass is 32.2. The van der Waals surface area contributed by atoms with Gasteiger partial charge in [-0.3, -0.25) is 4.79 Å². The van der Waals surface area contributed by atoms with Crippen LogP contribution in [0.5, 0.6) is 0 Å². The maximum atomic E-state index is 10.5. The normalized spacial score (nSPS) is 29.0. The van der Waals surface area contributed by atoms with Crippen LogP contribution in [0.1, 0.15) is 50.2 Å². The van der Waals surface area contributed by atoms with Crippen molar-refractivity contribution in [3.63, 3.8) is 0 Å². The first-order valence-corrected chi connectivity index (χ1v) is 10.5. The number of aliphatic carboxylic acids is 1. The Hall–Kier alpha value is -1.52. The summed E-state index contributed by atoms with van der Waals surface area (Å²) < 4.78 is 0. The summed E-state index contributed by atoms with van der Waals surface area (Å²) in [7, 11) is 0. The first-order valence-electron chi connectivity index (χ1n) is 9.58. The van der Waals surface area contributed by atoms with Gasteiger partial charge >= 0.3 is 5.97 Å². The van der Waals surface area contributed by atoms with E-state index < -0.39 is 12.1 Å². The summed E-state index contributed by atoms with van der Waals surface area (Å²) in [6, 6.07) is 9.80. The maximum Gasteiger partial charge on any atom is 0.303 e. The lowest BCUT2D eigenvalue weighted by atomic mass is 9.77. The summed E-state index contributed by atoms with van der Waals surface area (Å²) in [4.78, 5) is 10.5. The number of carbonyl (C=O) groups is 1. The van der Waals surface area contributed by atoms with Crippen LogP contribution < -0.4 is 0 Å². The number of carboxylic acids is 1. The molecule has 0 spiro atoms. The molecule has 0 aliphatic carbocycles. The Morgan fingerprint density at radius 3 is 2.73 bits per heavy atom. The fraction of sp³-hybridized carbons (Fsp3) is 0.500. The van der Waals surface area contributed by atoms with Crippen LogP contribution in [0, 0.1) is 11.8 Å². The van der Waals surface area contributed by atoms with Gasteiger partial charge in [-0.2, -0.15) is 11.8 Å². The van der Waals surface area contributed by atoms with Gasteiger partial charge in [0, 0.05) is 16.9 Å². The number of carboxylic acid groups (broad SMARTS) is 1. The molecule has 2 heterocycles. The molecule has 0 radical (unpaired) electrons. The highest BCUT2D eigenvalue weighted by molar-refractivity contribution is 8.01. The van der Waals surface area contributed by atoms with Gasteiger partial charge in [0.05, 0.1) is 6.10 Å². The predicted octanol–water partition coefficient (Wildman–Crippen LogP) is 4.99. The van der Waals surface area contributed by atoms with Crippen molar-refractivity contribution in [2.75, 3.05) is 0 Å². The largest absolute Gasteiger partial charge is 0.481 e. The molecule has 5 atom stereocenters. The predicted molar refractivity (Wildman–Crippen MR) is 107 cm³/mol. The molecule has 1 unspecified atom stereocenters. The van der Waals surface area contributed by atoms with E-state index in [1.165, 1.54) is 12.8 Å². The Bertz CT molecular complexity index is 640. The lowest BCUT2D eigenvalue weighted by Gasteiger charge is -2.27. The lowest BCUT2D eigenvalue weighted by Crippen LogP contribution is -2.25. The highest BCUT2D eigenvalue weighted by Crippen LogP contribution is 2.54. The average molecular weight is 373 g/mol. The van der Waals surface area contributed by atoms with E-state index in [1.54, 1.807) is 0 Å². The van der Waals surface area contributed by atoms with Crippen LogP contribution in [0.3, 0.4) is 0 Å². The first-order chi connectivity index (χ1) is 12.6. The molecule has 0 aromatic heterocycles. The SMILES string of the molecule is O=C(O)CCC/C=C\C[C@H]1[C@@H](/C=C/C(O)c2ccccc2)[C@H]2CC[C@@H]1S2.